The maximum atomic E-state index is 12.7. The average Bonchev–Trinajstić information content (AvgIpc) is 2.80. The minimum Gasteiger partial charge on any atom is -0.368 e. The van der Waals surface area contributed by atoms with Crippen LogP contribution in [0.2, 0.25) is 0 Å². The van der Waals surface area contributed by atoms with Crippen LogP contribution in [0.3, 0.4) is 0 Å². The number of carbonyl (C=O) groups excluding carboxylic acids is 1. The van der Waals surface area contributed by atoms with Crippen LogP contribution in [0.15, 0.2) is 54.9 Å². The lowest BCUT2D eigenvalue weighted by molar-refractivity contribution is -0.383. The molecule has 3 aromatic rings. The van der Waals surface area contributed by atoms with E-state index in [0.717, 1.165) is 42.8 Å². The van der Waals surface area contributed by atoms with Gasteiger partial charge in [0.15, 0.2) is 0 Å². The summed E-state index contributed by atoms with van der Waals surface area (Å²) in [5, 5.41) is 12.7. The number of non-ortho nitro benzene ring substituents is 1. The molecule has 32 heavy (non-hydrogen) atoms. The largest absolute Gasteiger partial charge is 0.368 e. The number of amides is 1. The number of fused-ring (bicyclic) bond motifs is 1. The molecule has 0 bridgehead atoms. The summed E-state index contributed by atoms with van der Waals surface area (Å²) in [4.78, 5) is 33.9. The van der Waals surface area contributed by atoms with Crippen molar-refractivity contribution in [2.24, 2.45) is 0 Å². The maximum Gasteiger partial charge on any atom is 0.278 e. The van der Waals surface area contributed by atoms with Gasteiger partial charge in [0.1, 0.15) is 0 Å². The van der Waals surface area contributed by atoms with Crippen molar-refractivity contribution in [3.05, 3.63) is 76.1 Å². The summed E-state index contributed by atoms with van der Waals surface area (Å²) >= 11 is 0. The summed E-state index contributed by atoms with van der Waals surface area (Å²) < 4.78 is 0. The van der Waals surface area contributed by atoms with Crippen LogP contribution >= 0.6 is 0 Å². The monoisotopic (exact) mass is 433 g/mol. The summed E-state index contributed by atoms with van der Waals surface area (Å²) in [5.41, 5.74) is 3.36. The minimum atomic E-state index is -0.371. The molecule has 0 saturated carbocycles. The van der Waals surface area contributed by atoms with Gasteiger partial charge in [0, 0.05) is 69.3 Å². The van der Waals surface area contributed by atoms with Gasteiger partial charge < -0.3 is 9.80 Å². The molecule has 0 atom stereocenters. The molecule has 1 saturated heterocycles. The fourth-order valence-electron chi connectivity index (χ4n) is 4.11. The summed E-state index contributed by atoms with van der Waals surface area (Å²) in [5.74, 6) is 0.103. The Morgan fingerprint density at radius 3 is 2.47 bits per heavy atom. The Hall–Kier alpha value is -3.52. The molecule has 0 aliphatic carbocycles. The van der Waals surface area contributed by atoms with Crippen molar-refractivity contribution in [1.82, 2.24) is 14.8 Å². The Morgan fingerprint density at radius 1 is 1.06 bits per heavy atom. The molecule has 0 unspecified atom stereocenters. The van der Waals surface area contributed by atoms with E-state index in [9.17, 15) is 14.9 Å². The number of nitrogens with zero attached hydrogens (tertiary/aromatic N) is 5. The van der Waals surface area contributed by atoms with E-state index in [4.69, 9.17) is 0 Å². The van der Waals surface area contributed by atoms with Gasteiger partial charge in [0.25, 0.3) is 5.69 Å². The standard InChI is InChI=1S/C24H27N5O3/c1-18-3-5-19(6-4-18)16-26(2)24(30)17-27-11-13-28(14-12-27)22-7-8-23(29(31)32)21-15-25-10-9-20(21)22/h3-10,15H,11-14,16-17H2,1-2H3. The van der Waals surface area contributed by atoms with Gasteiger partial charge in [-0.3, -0.25) is 24.8 Å². The van der Waals surface area contributed by atoms with Crippen molar-refractivity contribution in [1.29, 1.82) is 0 Å². The van der Waals surface area contributed by atoms with E-state index in [1.807, 2.05) is 19.2 Å². The van der Waals surface area contributed by atoms with Crippen LogP contribution in [0.25, 0.3) is 10.8 Å². The molecule has 0 spiro atoms. The SMILES string of the molecule is Cc1ccc(CN(C)C(=O)CN2CCN(c3ccc([N+](=O)[O-])c4cnccc34)CC2)cc1. The van der Waals surface area contributed by atoms with Gasteiger partial charge in [-0.05, 0) is 24.6 Å². The smallest absolute Gasteiger partial charge is 0.278 e. The van der Waals surface area contributed by atoms with Crippen molar-refractivity contribution in [2.45, 2.75) is 13.5 Å². The van der Waals surface area contributed by atoms with E-state index >= 15 is 0 Å². The van der Waals surface area contributed by atoms with E-state index in [1.54, 1.807) is 23.4 Å². The molecule has 1 aliphatic heterocycles. The topological polar surface area (TPSA) is 82.8 Å². The number of hydrogen-bond donors (Lipinski definition) is 0. The summed E-state index contributed by atoms with van der Waals surface area (Å²) in [6.45, 7) is 6.06. The first-order valence-electron chi connectivity index (χ1n) is 10.7. The lowest BCUT2D eigenvalue weighted by Gasteiger charge is -2.36. The zero-order valence-electron chi connectivity index (χ0n) is 18.4. The van der Waals surface area contributed by atoms with Gasteiger partial charge in [-0.25, -0.2) is 0 Å². The van der Waals surface area contributed by atoms with Gasteiger partial charge in [-0.2, -0.15) is 0 Å². The highest BCUT2D eigenvalue weighted by Gasteiger charge is 2.23. The molecule has 2 heterocycles. The second-order valence-corrected chi connectivity index (χ2v) is 8.28. The Labute approximate surface area is 187 Å². The van der Waals surface area contributed by atoms with Crippen molar-refractivity contribution in [2.75, 3.05) is 44.7 Å². The van der Waals surface area contributed by atoms with Crippen molar-refractivity contribution >= 4 is 28.1 Å². The quantitative estimate of drug-likeness (QED) is 0.438. The van der Waals surface area contributed by atoms with Crippen molar-refractivity contribution < 1.29 is 9.72 Å². The fourth-order valence-corrected chi connectivity index (χ4v) is 4.11. The van der Waals surface area contributed by atoms with Crippen LogP contribution in [0.4, 0.5) is 11.4 Å². The predicted octanol–water partition coefficient (Wildman–Crippen LogP) is 3.23. The number of aromatic nitrogens is 1. The summed E-state index contributed by atoms with van der Waals surface area (Å²) in [6, 6.07) is 13.4. The van der Waals surface area contributed by atoms with E-state index in [0.29, 0.717) is 18.5 Å². The number of aryl methyl sites for hydroxylation is 1. The first kappa shape index (κ1) is 21.7. The molecule has 0 radical (unpaired) electrons. The molecule has 8 heteroatoms. The van der Waals surface area contributed by atoms with Crippen LogP contribution in [0, 0.1) is 17.0 Å². The zero-order chi connectivity index (χ0) is 22.7. The Kier molecular flexibility index (Phi) is 6.32. The first-order chi connectivity index (χ1) is 15.4. The number of piperazine rings is 1. The summed E-state index contributed by atoms with van der Waals surface area (Å²) in [7, 11) is 1.84. The number of nitro groups is 1. The molecule has 1 amide bonds. The molecule has 2 aromatic carbocycles. The fraction of sp³-hybridized carbons (Fsp3) is 0.333. The lowest BCUT2D eigenvalue weighted by Crippen LogP contribution is -2.49. The van der Waals surface area contributed by atoms with Crippen LogP contribution < -0.4 is 4.90 Å². The normalized spacial score (nSPS) is 14.5. The third-order valence-corrected chi connectivity index (χ3v) is 6.01. The zero-order valence-corrected chi connectivity index (χ0v) is 18.4. The molecule has 166 valence electrons. The van der Waals surface area contributed by atoms with E-state index in [-0.39, 0.29) is 16.5 Å². The number of carbonyl (C=O) groups is 1. The molecule has 4 rings (SSSR count). The number of anilines is 1. The molecule has 1 aromatic heterocycles. The Morgan fingerprint density at radius 2 is 1.78 bits per heavy atom. The van der Waals surface area contributed by atoms with E-state index in [1.165, 1.54) is 5.56 Å². The summed E-state index contributed by atoms with van der Waals surface area (Å²) in [6.07, 6.45) is 3.21. The van der Waals surface area contributed by atoms with Crippen LogP contribution in [-0.4, -0.2) is 65.4 Å². The number of pyridine rings is 1. The first-order valence-corrected chi connectivity index (χ1v) is 10.7. The minimum absolute atomic E-state index is 0.0673. The molecule has 0 N–H and O–H groups in total. The van der Waals surface area contributed by atoms with E-state index in [2.05, 4.69) is 46.0 Å². The van der Waals surface area contributed by atoms with Gasteiger partial charge >= 0.3 is 0 Å². The molecule has 1 fully saturated rings. The lowest BCUT2D eigenvalue weighted by atomic mass is 10.1. The number of hydrogen-bond acceptors (Lipinski definition) is 6. The Balaban J connectivity index is 1.37. The molecular weight excluding hydrogens is 406 g/mol. The van der Waals surface area contributed by atoms with Gasteiger partial charge in [0.2, 0.25) is 5.91 Å². The highest BCUT2D eigenvalue weighted by Crippen LogP contribution is 2.33. The van der Waals surface area contributed by atoms with Crippen LogP contribution in [0.5, 0.6) is 0 Å². The third kappa shape index (κ3) is 4.70. The van der Waals surface area contributed by atoms with E-state index < -0.39 is 0 Å². The van der Waals surface area contributed by atoms with Crippen LogP contribution in [-0.2, 0) is 11.3 Å². The van der Waals surface area contributed by atoms with Gasteiger partial charge in [-0.1, -0.05) is 29.8 Å². The highest BCUT2D eigenvalue weighted by atomic mass is 16.6. The molecule has 8 nitrogen and oxygen atoms in total. The molecular formula is C24H27N5O3. The number of likely N-dealkylation sites (N-methyl/N-ethyl adjacent to an activating group) is 1. The second-order valence-electron chi connectivity index (χ2n) is 8.28. The third-order valence-electron chi connectivity index (χ3n) is 6.01. The van der Waals surface area contributed by atoms with Crippen molar-refractivity contribution in [3.8, 4) is 0 Å². The Bertz CT molecular complexity index is 1120. The molecule has 1 aliphatic rings. The second kappa shape index (κ2) is 9.32. The number of nitro benzene ring substituents is 1. The predicted molar refractivity (Wildman–Crippen MR) is 125 cm³/mol. The van der Waals surface area contributed by atoms with Crippen LogP contribution in [0.1, 0.15) is 11.1 Å². The average molecular weight is 434 g/mol. The number of benzene rings is 2. The number of rotatable bonds is 6. The maximum absolute atomic E-state index is 12.7. The van der Waals surface area contributed by atoms with Gasteiger partial charge in [-0.15, -0.1) is 0 Å². The highest BCUT2D eigenvalue weighted by molar-refractivity contribution is 5.99. The van der Waals surface area contributed by atoms with Gasteiger partial charge in [0.05, 0.1) is 16.9 Å². The van der Waals surface area contributed by atoms with Crippen molar-refractivity contribution in [3.63, 3.8) is 0 Å².